The average molecular weight is 327 g/mol. The van der Waals surface area contributed by atoms with E-state index in [1.54, 1.807) is 0 Å². The number of aliphatic hydroxyl groups is 1. The Morgan fingerprint density at radius 1 is 1.25 bits per heavy atom. The second kappa shape index (κ2) is 6.18. The highest BCUT2D eigenvalue weighted by Crippen LogP contribution is 2.58. The lowest BCUT2D eigenvalue weighted by atomic mass is 9.68. The predicted molar refractivity (Wildman–Crippen MR) is 94.4 cm³/mol. The first-order chi connectivity index (χ1) is 11.6. The minimum Gasteiger partial charge on any atom is -0.391 e. The Morgan fingerprint density at radius 2 is 2.04 bits per heavy atom. The van der Waals surface area contributed by atoms with Crippen molar-refractivity contribution >= 4 is 5.91 Å². The molecule has 1 N–H and O–H groups in total. The maximum Gasteiger partial charge on any atom is 0.229 e. The fourth-order valence-electron chi connectivity index (χ4n) is 5.51. The molecule has 3 heteroatoms. The lowest BCUT2D eigenvalue weighted by molar-refractivity contribution is -0.150. The van der Waals surface area contributed by atoms with E-state index in [1.807, 2.05) is 11.0 Å². The molecule has 1 amide bonds. The van der Waals surface area contributed by atoms with Gasteiger partial charge in [-0.3, -0.25) is 4.79 Å². The number of nitrogens with zero attached hydrogens (tertiary/aromatic N) is 1. The Bertz CT molecular complexity index is 601. The molecule has 3 nitrogen and oxygen atoms in total. The quantitative estimate of drug-likeness (QED) is 0.926. The van der Waals surface area contributed by atoms with Crippen LogP contribution in [0.1, 0.15) is 44.6 Å². The van der Waals surface area contributed by atoms with Gasteiger partial charge in [-0.25, -0.2) is 0 Å². The molecule has 2 bridgehead atoms. The molecule has 5 unspecified atom stereocenters. The van der Waals surface area contributed by atoms with Gasteiger partial charge in [-0.1, -0.05) is 43.7 Å². The molecular formula is C21H29NO2. The first kappa shape index (κ1) is 16.1. The molecule has 130 valence electrons. The Morgan fingerprint density at radius 3 is 2.67 bits per heavy atom. The number of rotatable bonds is 3. The van der Waals surface area contributed by atoms with Gasteiger partial charge in [0.2, 0.25) is 5.91 Å². The third-order valence-electron chi connectivity index (χ3n) is 6.97. The molecule has 24 heavy (non-hydrogen) atoms. The highest BCUT2D eigenvalue weighted by molar-refractivity contribution is 5.84. The lowest BCUT2D eigenvalue weighted by Gasteiger charge is -2.43. The van der Waals surface area contributed by atoms with Crippen molar-refractivity contribution in [2.75, 3.05) is 13.1 Å². The van der Waals surface area contributed by atoms with Crippen LogP contribution in [-0.4, -0.2) is 35.1 Å². The fraction of sp³-hybridized carbons (Fsp3) is 0.667. The highest BCUT2D eigenvalue weighted by atomic mass is 16.3. The van der Waals surface area contributed by atoms with Crippen molar-refractivity contribution in [1.82, 2.24) is 4.90 Å². The van der Waals surface area contributed by atoms with E-state index in [0.29, 0.717) is 24.3 Å². The topological polar surface area (TPSA) is 40.5 Å². The van der Waals surface area contributed by atoms with Crippen LogP contribution in [0.4, 0.5) is 0 Å². The first-order valence-corrected chi connectivity index (χ1v) is 9.60. The SMILES string of the molecule is CC1CCN(C(=O)C2(Cc3ccccc3)CC3CCC2C3)CC1O. The van der Waals surface area contributed by atoms with Crippen LogP contribution in [0, 0.1) is 23.2 Å². The van der Waals surface area contributed by atoms with Gasteiger partial charge in [0.1, 0.15) is 0 Å². The van der Waals surface area contributed by atoms with E-state index in [9.17, 15) is 9.90 Å². The van der Waals surface area contributed by atoms with Crippen LogP contribution in [0.5, 0.6) is 0 Å². The number of fused-ring (bicyclic) bond motifs is 2. The van der Waals surface area contributed by atoms with E-state index >= 15 is 0 Å². The monoisotopic (exact) mass is 327 g/mol. The number of aliphatic hydroxyl groups excluding tert-OH is 1. The first-order valence-electron chi connectivity index (χ1n) is 9.60. The molecule has 2 saturated carbocycles. The number of amides is 1. The summed E-state index contributed by atoms with van der Waals surface area (Å²) in [5.41, 5.74) is 1.06. The number of carbonyl (C=O) groups is 1. The normalized spacial score (nSPS) is 38.5. The Kier molecular flexibility index (Phi) is 4.16. The number of hydrogen-bond acceptors (Lipinski definition) is 2. The molecule has 1 aromatic rings. The molecule has 0 radical (unpaired) electrons. The molecule has 0 aromatic heterocycles. The van der Waals surface area contributed by atoms with Gasteiger partial charge in [0.15, 0.2) is 0 Å². The summed E-state index contributed by atoms with van der Waals surface area (Å²) < 4.78 is 0. The molecule has 1 aliphatic heterocycles. The van der Waals surface area contributed by atoms with Gasteiger partial charge in [-0.05, 0) is 55.4 Å². The largest absolute Gasteiger partial charge is 0.391 e. The van der Waals surface area contributed by atoms with Gasteiger partial charge in [0.05, 0.1) is 11.5 Å². The summed E-state index contributed by atoms with van der Waals surface area (Å²) in [6, 6.07) is 10.5. The number of likely N-dealkylation sites (tertiary alicyclic amines) is 1. The molecule has 0 spiro atoms. The van der Waals surface area contributed by atoms with Crippen molar-refractivity contribution in [1.29, 1.82) is 0 Å². The average Bonchev–Trinajstić information content (AvgIpc) is 3.19. The van der Waals surface area contributed by atoms with Crippen molar-refractivity contribution in [2.45, 2.75) is 51.6 Å². The predicted octanol–water partition coefficient (Wildman–Crippen LogP) is 3.26. The highest BCUT2D eigenvalue weighted by Gasteiger charge is 2.56. The van der Waals surface area contributed by atoms with E-state index in [1.165, 1.54) is 24.8 Å². The summed E-state index contributed by atoms with van der Waals surface area (Å²) >= 11 is 0. The van der Waals surface area contributed by atoms with Gasteiger partial charge < -0.3 is 10.0 Å². The molecule has 2 aliphatic carbocycles. The molecule has 3 aliphatic rings. The number of piperidine rings is 1. The minimum absolute atomic E-state index is 0.218. The van der Waals surface area contributed by atoms with E-state index in [4.69, 9.17) is 0 Å². The van der Waals surface area contributed by atoms with Crippen molar-refractivity contribution in [2.24, 2.45) is 23.2 Å². The molecule has 1 saturated heterocycles. The standard InChI is InChI=1S/C21H29NO2/c1-15-9-10-22(14-19(15)23)20(24)21(12-16-5-3-2-4-6-16)13-17-7-8-18(21)11-17/h2-6,15,17-19,23H,7-14H2,1H3. The van der Waals surface area contributed by atoms with Crippen molar-refractivity contribution in [3.8, 4) is 0 Å². The number of hydrogen-bond donors (Lipinski definition) is 1. The van der Waals surface area contributed by atoms with E-state index in [2.05, 4.69) is 31.2 Å². The Labute approximate surface area is 145 Å². The second-order valence-electron chi connectivity index (χ2n) is 8.48. The van der Waals surface area contributed by atoms with Crippen LogP contribution in [0.2, 0.25) is 0 Å². The molecule has 1 aromatic carbocycles. The van der Waals surface area contributed by atoms with Crippen molar-refractivity contribution < 1.29 is 9.90 Å². The van der Waals surface area contributed by atoms with E-state index in [0.717, 1.165) is 31.7 Å². The molecular weight excluding hydrogens is 298 g/mol. The van der Waals surface area contributed by atoms with Gasteiger partial charge in [-0.15, -0.1) is 0 Å². The maximum absolute atomic E-state index is 13.6. The van der Waals surface area contributed by atoms with E-state index in [-0.39, 0.29) is 11.5 Å². The van der Waals surface area contributed by atoms with Crippen LogP contribution in [0.25, 0.3) is 0 Å². The zero-order valence-electron chi connectivity index (χ0n) is 14.7. The molecule has 4 rings (SSSR count). The van der Waals surface area contributed by atoms with Crippen LogP contribution in [-0.2, 0) is 11.2 Å². The Hall–Kier alpha value is -1.35. The third kappa shape index (κ3) is 2.67. The van der Waals surface area contributed by atoms with Gasteiger partial charge in [-0.2, -0.15) is 0 Å². The fourth-order valence-corrected chi connectivity index (χ4v) is 5.51. The van der Waals surface area contributed by atoms with Crippen molar-refractivity contribution in [3.05, 3.63) is 35.9 Å². The second-order valence-corrected chi connectivity index (χ2v) is 8.48. The number of carbonyl (C=O) groups excluding carboxylic acids is 1. The van der Waals surface area contributed by atoms with Crippen LogP contribution < -0.4 is 0 Å². The molecule has 5 atom stereocenters. The smallest absolute Gasteiger partial charge is 0.229 e. The van der Waals surface area contributed by atoms with Gasteiger partial charge in [0.25, 0.3) is 0 Å². The zero-order chi connectivity index (χ0) is 16.7. The third-order valence-corrected chi connectivity index (χ3v) is 6.97. The minimum atomic E-state index is -0.366. The van der Waals surface area contributed by atoms with E-state index < -0.39 is 0 Å². The molecule has 1 heterocycles. The molecule has 3 fully saturated rings. The summed E-state index contributed by atoms with van der Waals surface area (Å²) in [6.45, 7) is 3.42. The summed E-state index contributed by atoms with van der Waals surface area (Å²) in [5.74, 6) is 1.90. The summed E-state index contributed by atoms with van der Waals surface area (Å²) in [6.07, 6.45) is 6.21. The Balaban J connectivity index is 1.60. The number of β-amino-alcohol motifs (C(OH)–C–C–N with tert-alkyl or cyclic N) is 1. The zero-order valence-corrected chi connectivity index (χ0v) is 14.7. The maximum atomic E-state index is 13.6. The van der Waals surface area contributed by atoms with Crippen molar-refractivity contribution in [3.63, 3.8) is 0 Å². The summed E-state index contributed by atoms with van der Waals surface area (Å²) in [4.78, 5) is 15.6. The van der Waals surface area contributed by atoms with Crippen LogP contribution in [0.3, 0.4) is 0 Å². The van der Waals surface area contributed by atoms with Crippen LogP contribution in [0.15, 0.2) is 30.3 Å². The lowest BCUT2D eigenvalue weighted by Crippen LogP contribution is -2.53. The van der Waals surface area contributed by atoms with Gasteiger partial charge in [0, 0.05) is 13.1 Å². The summed E-state index contributed by atoms with van der Waals surface area (Å²) in [5, 5.41) is 10.3. The van der Waals surface area contributed by atoms with Crippen LogP contribution >= 0.6 is 0 Å². The van der Waals surface area contributed by atoms with Gasteiger partial charge >= 0.3 is 0 Å². The summed E-state index contributed by atoms with van der Waals surface area (Å²) in [7, 11) is 0. The number of benzene rings is 1.